The van der Waals surface area contributed by atoms with Crippen LogP contribution in [0.25, 0.3) is 21.9 Å². The van der Waals surface area contributed by atoms with Gasteiger partial charge in [-0.05, 0) is 61.7 Å². The molecule has 0 radical (unpaired) electrons. The number of anilines is 1. The number of nitrogens with zero attached hydrogens (tertiary/aromatic N) is 2. The van der Waals surface area contributed by atoms with Crippen molar-refractivity contribution in [1.29, 1.82) is 0 Å². The number of benzene rings is 2. The second-order valence-corrected chi connectivity index (χ2v) is 8.62. The van der Waals surface area contributed by atoms with Crippen LogP contribution in [-0.4, -0.2) is 53.9 Å². The molecule has 0 spiro atoms. The quantitative estimate of drug-likeness (QED) is 0.181. The largest absolute Gasteiger partial charge is 0.511 e. The topological polar surface area (TPSA) is 99.0 Å². The molecule has 2 aromatic heterocycles. The minimum absolute atomic E-state index is 0.310. The third-order valence-electron chi connectivity index (χ3n) is 6.46. The van der Waals surface area contributed by atoms with E-state index in [1.807, 2.05) is 36.5 Å². The smallest absolute Gasteiger partial charge is 0.449 e. The van der Waals surface area contributed by atoms with Crippen LogP contribution in [0.1, 0.15) is 18.4 Å². The minimum Gasteiger partial charge on any atom is -0.449 e. The first-order valence-corrected chi connectivity index (χ1v) is 11.6. The van der Waals surface area contributed by atoms with E-state index in [1.54, 1.807) is 18.2 Å². The molecule has 1 aliphatic heterocycles. The molecule has 0 aliphatic carbocycles. The number of carboxylic acid groups (broad SMARTS) is 1. The molecule has 0 amide bonds. The Labute approximate surface area is 196 Å². The van der Waals surface area contributed by atoms with Gasteiger partial charge < -0.3 is 24.1 Å². The Morgan fingerprint density at radius 1 is 1.03 bits per heavy atom. The summed E-state index contributed by atoms with van der Waals surface area (Å²) in [6.45, 7) is 4.70. The maximum atomic E-state index is 12.0. The van der Waals surface area contributed by atoms with E-state index >= 15 is 0 Å². The highest BCUT2D eigenvalue weighted by molar-refractivity contribution is 5.90. The maximum absolute atomic E-state index is 12.0. The van der Waals surface area contributed by atoms with E-state index in [4.69, 9.17) is 14.3 Å². The summed E-state index contributed by atoms with van der Waals surface area (Å²) in [5, 5.41) is 10.8. The molecule has 1 aliphatic rings. The fourth-order valence-electron chi connectivity index (χ4n) is 4.75. The van der Waals surface area contributed by atoms with Gasteiger partial charge >= 0.3 is 11.8 Å². The average Bonchev–Trinajstić information content (AvgIpc) is 3.23. The molecular formula is C26H27N3O5. The van der Waals surface area contributed by atoms with E-state index in [2.05, 4.69) is 14.8 Å². The minimum atomic E-state index is -1.31. The van der Waals surface area contributed by atoms with Gasteiger partial charge in [-0.3, -0.25) is 4.90 Å². The normalized spacial score (nSPS) is 14.6. The number of fused-ring (bicyclic) bond motifs is 2. The third kappa shape index (κ3) is 4.77. The zero-order chi connectivity index (χ0) is 23.5. The number of ether oxygens (including phenoxy) is 1. The van der Waals surface area contributed by atoms with Crippen molar-refractivity contribution in [2.24, 2.45) is 0 Å². The number of nitrogens with one attached hydrogen (secondary N) is 1. The molecule has 8 heteroatoms. The summed E-state index contributed by atoms with van der Waals surface area (Å²) in [6, 6.07) is 14.6. The van der Waals surface area contributed by atoms with Crippen LogP contribution >= 0.6 is 0 Å². The van der Waals surface area contributed by atoms with Gasteiger partial charge in [-0.1, -0.05) is 12.1 Å². The first kappa shape index (κ1) is 22.0. The maximum Gasteiger partial charge on any atom is 0.511 e. The predicted molar refractivity (Wildman–Crippen MR) is 131 cm³/mol. The van der Waals surface area contributed by atoms with Crippen molar-refractivity contribution in [2.45, 2.75) is 19.3 Å². The Kier molecular flexibility index (Phi) is 6.22. The summed E-state index contributed by atoms with van der Waals surface area (Å²) in [5.74, 6) is 0.336. The van der Waals surface area contributed by atoms with Gasteiger partial charge in [-0.25, -0.2) is 9.59 Å². The molecule has 0 atom stereocenters. The lowest BCUT2D eigenvalue weighted by atomic mass is 10.1. The Morgan fingerprint density at radius 3 is 2.68 bits per heavy atom. The van der Waals surface area contributed by atoms with Crippen LogP contribution in [0.5, 0.6) is 5.75 Å². The van der Waals surface area contributed by atoms with E-state index in [9.17, 15) is 9.59 Å². The van der Waals surface area contributed by atoms with E-state index in [0.717, 1.165) is 74.0 Å². The number of hydrogen-bond acceptors (Lipinski definition) is 6. The van der Waals surface area contributed by atoms with Gasteiger partial charge in [0.05, 0.1) is 5.69 Å². The zero-order valence-corrected chi connectivity index (χ0v) is 18.8. The molecule has 3 heterocycles. The fourth-order valence-corrected chi connectivity index (χ4v) is 4.75. The van der Waals surface area contributed by atoms with Crippen molar-refractivity contribution in [3.8, 4) is 5.75 Å². The number of aryl methyl sites for hydroxylation is 1. The predicted octanol–water partition coefficient (Wildman–Crippen LogP) is 4.48. The lowest BCUT2D eigenvalue weighted by Crippen LogP contribution is -2.46. The molecule has 8 nitrogen and oxygen atoms in total. The summed E-state index contributed by atoms with van der Waals surface area (Å²) in [7, 11) is 0. The molecule has 4 aromatic rings. The van der Waals surface area contributed by atoms with E-state index in [1.165, 1.54) is 5.56 Å². The molecule has 0 bridgehead atoms. The lowest BCUT2D eigenvalue weighted by molar-refractivity contribution is 0.144. The highest BCUT2D eigenvalue weighted by atomic mass is 16.7. The second kappa shape index (κ2) is 9.61. The second-order valence-electron chi connectivity index (χ2n) is 8.62. The van der Waals surface area contributed by atoms with Crippen molar-refractivity contribution in [2.75, 3.05) is 37.6 Å². The number of unbranched alkanes of at least 4 members (excludes halogenated alkanes) is 1. The van der Waals surface area contributed by atoms with Crippen molar-refractivity contribution >= 4 is 33.7 Å². The number of hydrogen-bond donors (Lipinski definition) is 2. The summed E-state index contributed by atoms with van der Waals surface area (Å²) in [6.07, 6.45) is 3.73. The summed E-state index contributed by atoms with van der Waals surface area (Å²) in [4.78, 5) is 30.8. The SMILES string of the molecule is O=C(O)Oc1ccc2[nH]cc(CCCCN3CCN(c4cc(=O)oc5ccccc45)CC3)c2c1. The lowest BCUT2D eigenvalue weighted by Gasteiger charge is -2.36. The zero-order valence-electron chi connectivity index (χ0n) is 18.8. The van der Waals surface area contributed by atoms with Crippen molar-refractivity contribution in [3.63, 3.8) is 0 Å². The van der Waals surface area contributed by atoms with Crippen LogP contribution < -0.4 is 15.3 Å². The Balaban J connectivity index is 1.13. The molecule has 1 saturated heterocycles. The number of para-hydroxylation sites is 1. The molecule has 34 heavy (non-hydrogen) atoms. The van der Waals surface area contributed by atoms with Crippen LogP contribution in [0.4, 0.5) is 10.5 Å². The van der Waals surface area contributed by atoms with E-state index in [0.29, 0.717) is 11.3 Å². The number of piperazine rings is 1. The summed E-state index contributed by atoms with van der Waals surface area (Å²) in [5.41, 5.74) is 3.43. The number of rotatable bonds is 7. The first-order chi connectivity index (χ1) is 16.6. The standard InChI is InChI=1S/C26H27N3O5/c30-25-16-23(20-6-1-2-7-24(20)34-25)29-13-11-28(12-14-29)10-4-3-5-18-17-27-22-9-8-19(15-21(18)22)33-26(31)32/h1-2,6-9,15-17,27H,3-5,10-14H2,(H,31,32). The van der Waals surface area contributed by atoms with Crippen LogP contribution in [-0.2, 0) is 6.42 Å². The highest BCUT2D eigenvalue weighted by Crippen LogP contribution is 2.27. The average molecular weight is 462 g/mol. The van der Waals surface area contributed by atoms with Gasteiger partial charge in [0.1, 0.15) is 11.3 Å². The van der Waals surface area contributed by atoms with Gasteiger partial charge in [0.25, 0.3) is 0 Å². The first-order valence-electron chi connectivity index (χ1n) is 11.6. The summed E-state index contributed by atoms with van der Waals surface area (Å²) < 4.78 is 10.1. The molecule has 5 rings (SSSR count). The molecule has 2 N–H and O–H groups in total. The van der Waals surface area contributed by atoms with Crippen LogP contribution in [0.3, 0.4) is 0 Å². The fraction of sp³-hybridized carbons (Fsp3) is 0.308. The highest BCUT2D eigenvalue weighted by Gasteiger charge is 2.19. The van der Waals surface area contributed by atoms with Gasteiger partial charge in [0, 0.05) is 54.7 Å². The van der Waals surface area contributed by atoms with Gasteiger partial charge in [0.15, 0.2) is 0 Å². The van der Waals surface area contributed by atoms with Crippen molar-refractivity contribution in [1.82, 2.24) is 9.88 Å². The molecule has 1 fully saturated rings. The van der Waals surface area contributed by atoms with Crippen molar-refractivity contribution < 1.29 is 19.1 Å². The Morgan fingerprint density at radius 2 is 1.85 bits per heavy atom. The summed E-state index contributed by atoms with van der Waals surface area (Å²) >= 11 is 0. The number of carbonyl (C=O) groups is 1. The molecule has 176 valence electrons. The number of H-pyrrole nitrogens is 1. The molecular weight excluding hydrogens is 434 g/mol. The van der Waals surface area contributed by atoms with Gasteiger partial charge in [0.2, 0.25) is 0 Å². The van der Waals surface area contributed by atoms with Gasteiger partial charge in [-0.2, -0.15) is 0 Å². The van der Waals surface area contributed by atoms with Crippen LogP contribution in [0, 0.1) is 0 Å². The van der Waals surface area contributed by atoms with E-state index < -0.39 is 6.16 Å². The third-order valence-corrected chi connectivity index (χ3v) is 6.46. The Hall–Kier alpha value is -3.78. The number of aromatic nitrogens is 1. The monoisotopic (exact) mass is 461 g/mol. The van der Waals surface area contributed by atoms with Crippen LogP contribution in [0.15, 0.2) is 63.9 Å². The van der Waals surface area contributed by atoms with Gasteiger partial charge in [-0.15, -0.1) is 0 Å². The van der Waals surface area contributed by atoms with Crippen molar-refractivity contribution in [3.05, 3.63) is 70.7 Å². The molecule has 0 unspecified atom stereocenters. The Bertz CT molecular complexity index is 1370. The number of aromatic amines is 1. The van der Waals surface area contributed by atoms with Crippen LogP contribution in [0.2, 0.25) is 0 Å². The molecule has 0 saturated carbocycles. The van der Waals surface area contributed by atoms with E-state index in [-0.39, 0.29) is 5.63 Å². The molecule has 2 aromatic carbocycles.